The maximum Gasteiger partial charge on any atom is 0.0669 e. The second kappa shape index (κ2) is 7.35. The van der Waals surface area contributed by atoms with Gasteiger partial charge in [0.1, 0.15) is 0 Å². The molecule has 0 radical (unpaired) electrons. The number of aryl methyl sites for hydroxylation is 1. The molecule has 1 N–H and O–H groups in total. The lowest BCUT2D eigenvalue weighted by Crippen LogP contribution is -2.15. The summed E-state index contributed by atoms with van der Waals surface area (Å²) in [5, 5.41) is 12.1. The van der Waals surface area contributed by atoms with Crippen molar-refractivity contribution >= 4 is 5.69 Å². The van der Waals surface area contributed by atoms with E-state index < -0.39 is 0 Å². The molecule has 0 aliphatic carbocycles. The predicted octanol–water partition coefficient (Wildman–Crippen LogP) is 4.19. The summed E-state index contributed by atoms with van der Waals surface area (Å²) < 4.78 is 0. The zero-order valence-electron chi connectivity index (χ0n) is 11.8. The Morgan fingerprint density at radius 1 is 1.00 bits per heavy atom. The third-order valence-corrected chi connectivity index (χ3v) is 3.36. The van der Waals surface area contributed by atoms with Crippen molar-refractivity contribution in [2.24, 2.45) is 0 Å². The molecule has 0 amide bonds. The van der Waals surface area contributed by atoms with Crippen molar-refractivity contribution < 1.29 is 0 Å². The zero-order valence-corrected chi connectivity index (χ0v) is 11.8. The highest BCUT2D eigenvalue weighted by Gasteiger charge is 2.03. The molecule has 0 fully saturated rings. The molecule has 0 saturated carbocycles. The molecule has 0 heterocycles. The van der Waals surface area contributed by atoms with Gasteiger partial charge in [-0.3, -0.25) is 0 Å². The van der Waals surface area contributed by atoms with Gasteiger partial charge in [0.25, 0.3) is 0 Å². The van der Waals surface area contributed by atoms with Gasteiger partial charge in [-0.15, -0.1) is 0 Å². The molecule has 0 spiro atoms. The Bertz CT molecular complexity index is 552. The molecule has 0 aliphatic heterocycles. The third kappa shape index (κ3) is 4.44. The Morgan fingerprint density at radius 3 is 2.35 bits per heavy atom. The van der Waals surface area contributed by atoms with E-state index in [2.05, 4.69) is 42.6 Å². The van der Waals surface area contributed by atoms with Crippen molar-refractivity contribution in [3.8, 4) is 6.07 Å². The fraction of sp³-hybridized carbons (Fsp3) is 0.278. The highest BCUT2D eigenvalue weighted by molar-refractivity contribution is 5.45. The summed E-state index contributed by atoms with van der Waals surface area (Å²) in [6.45, 7) is 2.20. The summed E-state index contributed by atoms with van der Waals surface area (Å²) >= 11 is 0. The summed E-state index contributed by atoms with van der Waals surface area (Å²) in [5.41, 5.74) is 3.56. The van der Waals surface area contributed by atoms with Gasteiger partial charge in [0.15, 0.2) is 0 Å². The Balaban J connectivity index is 1.82. The molecule has 102 valence electrons. The fourth-order valence-electron chi connectivity index (χ4n) is 2.19. The average Bonchev–Trinajstić information content (AvgIpc) is 2.49. The van der Waals surface area contributed by atoms with Crippen LogP contribution in [0.3, 0.4) is 0 Å². The van der Waals surface area contributed by atoms with Crippen LogP contribution in [-0.4, -0.2) is 6.04 Å². The maximum absolute atomic E-state index is 8.65. The highest BCUT2D eigenvalue weighted by Crippen LogP contribution is 2.13. The summed E-state index contributed by atoms with van der Waals surface area (Å²) in [4.78, 5) is 0. The number of hydrogen-bond donors (Lipinski definition) is 1. The van der Waals surface area contributed by atoms with Gasteiger partial charge in [-0.05, 0) is 43.0 Å². The summed E-state index contributed by atoms with van der Waals surface area (Å²) in [6.07, 6.45) is 2.66. The molecule has 0 saturated heterocycles. The van der Waals surface area contributed by atoms with E-state index in [0.29, 0.717) is 12.5 Å². The van der Waals surface area contributed by atoms with Gasteiger partial charge in [0, 0.05) is 11.7 Å². The Kier molecular flexibility index (Phi) is 5.20. The third-order valence-electron chi connectivity index (χ3n) is 3.36. The SMILES string of the molecule is CC(CCc1ccccc1)Nc1ccc(CC#N)cc1. The molecule has 0 aromatic heterocycles. The van der Waals surface area contributed by atoms with Crippen LogP contribution in [0.5, 0.6) is 0 Å². The minimum absolute atomic E-state index is 0.428. The Labute approximate surface area is 121 Å². The zero-order chi connectivity index (χ0) is 14.2. The predicted molar refractivity (Wildman–Crippen MR) is 83.6 cm³/mol. The molecule has 2 nitrogen and oxygen atoms in total. The highest BCUT2D eigenvalue weighted by atomic mass is 14.9. The first-order chi connectivity index (χ1) is 9.78. The Hall–Kier alpha value is -2.27. The first-order valence-electron chi connectivity index (χ1n) is 7.04. The normalized spacial score (nSPS) is 11.6. The molecular weight excluding hydrogens is 244 g/mol. The first-order valence-corrected chi connectivity index (χ1v) is 7.04. The standard InChI is InChI=1S/C18H20N2/c1-15(7-8-16-5-3-2-4-6-16)20-18-11-9-17(10-12-18)13-14-19/h2-6,9-12,15,20H,7-8,13H2,1H3. The van der Waals surface area contributed by atoms with Crippen molar-refractivity contribution in [1.82, 2.24) is 0 Å². The van der Waals surface area contributed by atoms with Crippen molar-refractivity contribution in [3.63, 3.8) is 0 Å². The number of anilines is 1. The van der Waals surface area contributed by atoms with E-state index in [9.17, 15) is 0 Å². The largest absolute Gasteiger partial charge is 0.383 e. The van der Waals surface area contributed by atoms with Crippen molar-refractivity contribution in [3.05, 3.63) is 65.7 Å². The van der Waals surface area contributed by atoms with Crippen LogP contribution < -0.4 is 5.32 Å². The van der Waals surface area contributed by atoms with Gasteiger partial charge < -0.3 is 5.32 Å². The van der Waals surface area contributed by atoms with Crippen LogP contribution in [0.15, 0.2) is 54.6 Å². The second-order valence-corrected chi connectivity index (χ2v) is 5.10. The molecule has 2 heteroatoms. The number of rotatable bonds is 6. The lowest BCUT2D eigenvalue weighted by molar-refractivity contribution is 0.706. The molecule has 0 bridgehead atoms. The number of nitrogens with one attached hydrogen (secondary N) is 1. The van der Waals surface area contributed by atoms with E-state index in [4.69, 9.17) is 5.26 Å². The second-order valence-electron chi connectivity index (χ2n) is 5.10. The van der Waals surface area contributed by atoms with E-state index in [1.54, 1.807) is 0 Å². The number of benzene rings is 2. The van der Waals surface area contributed by atoms with Crippen molar-refractivity contribution in [2.75, 3.05) is 5.32 Å². The minimum atomic E-state index is 0.428. The smallest absolute Gasteiger partial charge is 0.0669 e. The average molecular weight is 264 g/mol. The van der Waals surface area contributed by atoms with Crippen LogP contribution in [-0.2, 0) is 12.8 Å². The molecule has 1 unspecified atom stereocenters. The van der Waals surface area contributed by atoms with Gasteiger partial charge in [-0.1, -0.05) is 42.5 Å². The molecule has 2 aromatic rings. The van der Waals surface area contributed by atoms with Crippen LogP contribution in [0.1, 0.15) is 24.5 Å². The van der Waals surface area contributed by atoms with Gasteiger partial charge in [-0.2, -0.15) is 5.26 Å². The molecule has 0 aliphatic rings. The van der Waals surface area contributed by atoms with Crippen LogP contribution in [0.25, 0.3) is 0 Å². The lowest BCUT2D eigenvalue weighted by atomic mass is 10.1. The molecule has 1 atom stereocenters. The monoisotopic (exact) mass is 264 g/mol. The van der Waals surface area contributed by atoms with Crippen LogP contribution in [0.4, 0.5) is 5.69 Å². The van der Waals surface area contributed by atoms with Crippen molar-refractivity contribution in [1.29, 1.82) is 5.26 Å². The van der Waals surface area contributed by atoms with Crippen LogP contribution in [0.2, 0.25) is 0 Å². The van der Waals surface area contributed by atoms with E-state index in [1.807, 2.05) is 30.3 Å². The minimum Gasteiger partial charge on any atom is -0.383 e. The molecule has 20 heavy (non-hydrogen) atoms. The summed E-state index contributed by atoms with van der Waals surface area (Å²) in [7, 11) is 0. The topological polar surface area (TPSA) is 35.8 Å². The van der Waals surface area contributed by atoms with Crippen LogP contribution >= 0.6 is 0 Å². The van der Waals surface area contributed by atoms with Gasteiger partial charge in [-0.25, -0.2) is 0 Å². The van der Waals surface area contributed by atoms with Gasteiger partial charge in [0.05, 0.1) is 12.5 Å². The van der Waals surface area contributed by atoms with E-state index in [0.717, 1.165) is 24.1 Å². The molecule has 2 aromatic carbocycles. The lowest BCUT2D eigenvalue weighted by Gasteiger charge is -2.15. The maximum atomic E-state index is 8.65. The molecular formula is C18H20N2. The number of nitriles is 1. The van der Waals surface area contributed by atoms with E-state index >= 15 is 0 Å². The molecule has 2 rings (SSSR count). The van der Waals surface area contributed by atoms with Gasteiger partial charge in [0.2, 0.25) is 0 Å². The Morgan fingerprint density at radius 2 is 1.70 bits per heavy atom. The van der Waals surface area contributed by atoms with E-state index in [1.165, 1.54) is 5.56 Å². The quantitative estimate of drug-likeness (QED) is 0.849. The fourth-order valence-corrected chi connectivity index (χ4v) is 2.19. The van der Waals surface area contributed by atoms with Crippen molar-refractivity contribution in [2.45, 2.75) is 32.2 Å². The number of hydrogen-bond acceptors (Lipinski definition) is 2. The van der Waals surface area contributed by atoms with Gasteiger partial charge >= 0.3 is 0 Å². The van der Waals surface area contributed by atoms with Crippen LogP contribution in [0, 0.1) is 11.3 Å². The summed E-state index contributed by atoms with van der Waals surface area (Å²) in [5.74, 6) is 0. The first kappa shape index (κ1) is 14.1. The number of nitrogens with zero attached hydrogens (tertiary/aromatic N) is 1. The van der Waals surface area contributed by atoms with E-state index in [-0.39, 0.29) is 0 Å². The summed E-state index contributed by atoms with van der Waals surface area (Å²) in [6, 6.07) is 21.3.